The molecule has 2 bridgehead atoms. The number of anilines is 1. The van der Waals surface area contributed by atoms with Gasteiger partial charge < -0.3 is 14.4 Å². The highest BCUT2D eigenvalue weighted by atomic mass is 35.5. The Morgan fingerprint density at radius 2 is 2.00 bits per heavy atom. The summed E-state index contributed by atoms with van der Waals surface area (Å²) in [5, 5.41) is 8.91. The van der Waals surface area contributed by atoms with Gasteiger partial charge in [0.05, 0.1) is 33.7 Å². The monoisotopic (exact) mass is 581 g/mol. The normalized spacial score (nSPS) is 27.8. The Hall–Kier alpha value is -3.15. The molecule has 1 aromatic carbocycles. The molecule has 0 saturated carbocycles. The molecule has 0 aliphatic carbocycles. The molecule has 4 aliphatic rings. The van der Waals surface area contributed by atoms with E-state index in [9.17, 15) is 4.39 Å². The van der Waals surface area contributed by atoms with Crippen molar-refractivity contribution in [3.63, 3.8) is 0 Å². The fraction of sp³-hybridized carbons (Fsp3) is 0.517. The predicted octanol–water partition coefficient (Wildman–Crippen LogP) is 4.99. The molecule has 4 fully saturated rings. The number of pyridine rings is 1. The molecule has 4 atom stereocenters. The highest BCUT2D eigenvalue weighted by Gasteiger charge is 2.49. The molecule has 0 amide bonds. The van der Waals surface area contributed by atoms with Crippen LogP contribution in [0, 0.1) is 12.7 Å². The molecular formula is C29H30ClF2N7O2. The van der Waals surface area contributed by atoms with Crippen LogP contribution in [0.15, 0.2) is 18.3 Å². The summed E-state index contributed by atoms with van der Waals surface area (Å²) in [5.41, 5.74) is 1.64. The molecule has 9 nitrogen and oxygen atoms in total. The van der Waals surface area contributed by atoms with Crippen molar-refractivity contribution in [2.24, 2.45) is 0 Å². The molecule has 41 heavy (non-hydrogen) atoms. The lowest BCUT2D eigenvalue weighted by Gasteiger charge is -2.34. The zero-order valence-electron chi connectivity index (χ0n) is 22.7. The predicted molar refractivity (Wildman–Crippen MR) is 151 cm³/mol. The van der Waals surface area contributed by atoms with E-state index in [0.717, 1.165) is 37.8 Å². The molecule has 8 rings (SSSR count). The van der Waals surface area contributed by atoms with Crippen LogP contribution in [0.4, 0.5) is 14.6 Å². The summed E-state index contributed by atoms with van der Waals surface area (Å²) in [6.45, 7) is 4.71. The highest BCUT2D eigenvalue weighted by molar-refractivity contribution is 6.37. The third-order valence-electron chi connectivity index (χ3n) is 9.30. The summed E-state index contributed by atoms with van der Waals surface area (Å²) in [7, 11) is 0. The van der Waals surface area contributed by atoms with E-state index in [1.54, 1.807) is 6.20 Å². The maximum absolute atomic E-state index is 16.5. The van der Waals surface area contributed by atoms with Gasteiger partial charge in [-0.15, -0.1) is 0 Å². The SMILES string of the molecule is Cc1ccc2[nH]nc(-c3ncc4c(N5CC6CCC(C5)O6)nc(OC[C@@]56CCCN5C[C@H](F)C6)nc4c3F)c2c1Cl. The molecule has 0 spiro atoms. The van der Waals surface area contributed by atoms with Crippen LogP contribution in [0.1, 0.15) is 37.7 Å². The largest absolute Gasteiger partial charge is 0.461 e. The van der Waals surface area contributed by atoms with E-state index in [0.29, 0.717) is 58.9 Å². The summed E-state index contributed by atoms with van der Waals surface area (Å²) in [4.78, 5) is 18.2. The first-order valence-electron chi connectivity index (χ1n) is 14.3. The number of aromatic amines is 1. The van der Waals surface area contributed by atoms with Gasteiger partial charge in [0.15, 0.2) is 5.82 Å². The van der Waals surface area contributed by atoms with E-state index in [1.165, 1.54) is 0 Å². The van der Waals surface area contributed by atoms with Gasteiger partial charge >= 0.3 is 6.01 Å². The fourth-order valence-corrected chi connectivity index (χ4v) is 7.53. The number of benzene rings is 1. The summed E-state index contributed by atoms with van der Waals surface area (Å²) >= 11 is 6.63. The van der Waals surface area contributed by atoms with Gasteiger partial charge in [0.25, 0.3) is 0 Å². The van der Waals surface area contributed by atoms with Crippen LogP contribution in [0.5, 0.6) is 6.01 Å². The Morgan fingerprint density at radius 3 is 2.83 bits per heavy atom. The second-order valence-electron chi connectivity index (χ2n) is 11.9. The summed E-state index contributed by atoms with van der Waals surface area (Å²) in [5.74, 6) is -0.0528. The second-order valence-corrected chi connectivity index (χ2v) is 12.3. The summed E-state index contributed by atoms with van der Waals surface area (Å²) in [6.07, 6.45) is 5.19. The van der Waals surface area contributed by atoms with Crippen molar-refractivity contribution in [2.45, 2.75) is 62.9 Å². The van der Waals surface area contributed by atoms with E-state index >= 15 is 4.39 Å². The fourth-order valence-electron chi connectivity index (χ4n) is 7.28. The zero-order chi connectivity index (χ0) is 27.9. The number of H-pyrrole nitrogens is 1. The van der Waals surface area contributed by atoms with Gasteiger partial charge in [-0.2, -0.15) is 15.1 Å². The Kier molecular flexibility index (Phi) is 5.88. The average molecular weight is 582 g/mol. The van der Waals surface area contributed by atoms with E-state index in [4.69, 9.17) is 26.1 Å². The number of aromatic nitrogens is 5. The number of hydrogen-bond donors (Lipinski definition) is 1. The molecule has 12 heteroatoms. The van der Waals surface area contributed by atoms with Gasteiger partial charge in [-0.05, 0) is 50.8 Å². The van der Waals surface area contributed by atoms with Crippen LogP contribution in [0.2, 0.25) is 5.02 Å². The smallest absolute Gasteiger partial charge is 0.319 e. The third kappa shape index (κ3) is 4.07. The number of hydrogen-bond acceptors (Lipinski definition) is 8. The van der Waals surface area contributed by atoms with Crippen LogP contribution in [0.3, 0.4) is 0 Å². The maximum Gasteiger partial charge on any atom is 0.319 e. The molecule has 7 heterocycles. The minimum atomic E-state index is -0.874. The molecule has 0 radical (unpaired) electrons. The molecule has 214 valence electrons. The van der Waals surface area contributed by atoms with Gasteiger partial charge in [-0.3, -0.25) is 15.0 Å². The first-order valence-corrected chi connectivity index (χ1v) is 14.7. The number of alkyl halides is 1. The van der Waals surface area contributed by atoms with Crippen molar-refractivity contribution in [3.05, 3.63) is 34.7 Å². The first-order chi connectivity index (χ1) is 19.9. The van der Waals surface area contributed by atoms with Crippen molar-refractivity contribution in [1.82, 2.24) is 30.0 Å². The zero-order valence-corrected chi connectivity index (χ0v) is 23.4. The van der Waals surface area contributed by atoms with Crippen molar-refractivity contribution in [2.75, 3.05) is 37.7 Å². The number of nitrogens with zero attached hydrogens (tertiary/aromatic N) is 6. The topological polar surface area (TPSA) is 92.3 Å². The van der Waals surface area contributed by atoms with E-state index < -0.39 is 12.0 Å². The Morgan fingerprint density at radius 1 is 1.17 bits per heavy atom. The number of rotatable bonds is 5. The van der Waals surface area contributed by atoms with Crippen LogP contribution < -0.4 is 9.64 Å². The van der Waals surface area contributed by atoms with Gasteiger partial charge in [0.2, 0.25) is 0 Å². The van der Waals surface area contributed by atoms with Crippen LogP contribution in [-0.2, 0) is 4.74 Å². The van der Waals surface area contributed by atoms with Gasteiger partial charge in [-0.25, -0.2) is 8.78 Å². The minimum Gasteiger partial charge on any atom is -0.461 e. The van der Waals surface area contributed by atoms with E-state index in [2.05, 4.69) is 30.0 Å². The standard InChI is InChI=1S/C29H30ClF2N7O2/c1-15-3-6-20-21(22(15)30)25(37-36-20)26-23(32)24-19(10-33-26)27(38-12-17-4-5-18(13-38)41-17)35-28(34-24)40-14-29-7-2-8-39(29)11-16(31)9-29/h3,6,10,16-18H,2,4-5,7-9,11-14H2,1H3,(H,36,37)/t16-,17?,18?,29+/m1/s1. The number of halogens is 3. The number of fused-ring (bicyclic) bond motifs is 5. The van der Waals surface area contributed by atoms with E-state index in [1.807, 2.05) is 19.1 Å². The highest BCUT2D eigenvalue weighted by Crippen LogP contribution is 2.41. The molecular weight excluding hydrogens is 552 g/mol. The van der Waals surface area contributed by atoms with Crippen LogP contribution in [-0.4, -0.2) is 86.8 Å². The average Bonchev–Trinajstić information content (AvgIpc) is 3.72. The second kappa shape index (κ2) is 9.43. The lowest BCUT2D eigenvalue weighted by molar-refractivity contribution is 0.0302. The molecule has 1 N–H and O–H groups in total. The van der Waals surface area contributed by atoms with Gasteiger partial charge in [0.1, 0.15) is 35.5 Å². The molecule has 4 aromatic rings. The lowest BCUT2D eigenvalue weighted by Crippen LogP contribution is -2.44. The van der Waals surface area contributed by atoms with Crippen molar-refractivity contribution in [3.8, 4) is 17.4 Å². The summed E-state index contributed by atoms with van der Waals surface area (Å²) < 4.78 is 43.1. The number of nitrogens with one attached hydrogen (secondary N) is 1. The minimum absolute atomic E-state index is 0.0468. The number of ether oxygens (including phenoxy) is 2. The Bertz CT molecular complexity index is 1670. The van der Waals surface area contributed by atoms with E-state index in [-0.39, 0.29) is 41.6 Å². The van der Waals surface area contributed by atoms with Crippen molar-refractivity contribution < 1.29 is 18.3 Å². The first kappa shape index (κ1) is 25.6. The summed E-state index contributed by atoms with van der Waals surface area (Å²) in [6, 6.07) is 3.82. The lowest BCUT2D eigenvalue weighted by atomic mass is 9.95. The molecule has 4 aliphatic heterocycles. The molecule has 4 saturated heterocycles. The molecule has 3 aromatic heterocycles. The van der Waals surface area contributed by atoms with Crippen LogP contribution in [0.25, 0.3) is 33.2 Å². The van der Waals surface area contributed by atoms with Gasteiger partial charge in [0, 0.05) is 37.6 Å². The Labute approximate surface area is 240 Å². The van der Waals surface area contributed by atoms with Gasteiger partial charge in [-0.1, -0.05) is 17.7 Å². The third-order valence-corrected chi connectivity index (χ3v) is 9.79. The maximum atomic E-state index is 16.5. The van der Waals surface area contributed by atoms with Crippen LogP contribution >= 0.6 is 11.6 Å². The number of morpholine rings is 1. The Balaban J connectivity index is 1.24. The quantitative estimate of drug-likeness (QED) is 0.352. The number of aryl methyl sites for hydroxylation is 1. The molecule has 2 unspecified atom stereocenters. The van der Waals surface area contributed by atoms with Crippen molar-refractivity contribution >= 4 is 39.2 Å². The van der Waals surface area contributed by atoms with Crippen molar-refractivity contribution in [1.29, 1.82) is 0 Å².